The summed E-state index contributed by atoms with van der Waals surface area (Å²) in [5.74, 6) is -0.0246. The van der Waals surface area contributed by atoms with E-state index in [2.05, 4.69) is 4.90 Å². The maximum Gasteiger partial charge on any atom is 0.248 e. The Morgan fingerprint density at radius 3 is 2.56 bits per heavy atom. The Kier molecular flexibility index (Phi) is 3.68. The second kappa shape index (κ2) is 5.07. The summed E-state index contributed by atoms with van der Waals surface area (Å²) < 4.78 is 22.6. The van der Waals surface area contributed by atoms with Crippen molar-refractivity contribution >= 4 is 15.7 Å². The zero-order chi connectivity index (χ0) is 13.2. The molecule has 1 aliphatic heterocycles. The fourth-order valence-corrected chi connectivity index (χ4v) is 3.27. The van der Waals surface area contributed by atoms with Gasteiger partial charge < -0.3 is 5.73 Å². The molecule has 0 aliphatic carbocycles. The molecule has 0 radical (unpaired) electrons. The molecule has 1 amide bonds. The molecular weight excluding hydrogens is 252 g/mol. The first kappa shape index (κ1) is 13.0. The third kappa shape index (κ3) is 3.30. The molecule has 98 valence electrons. The minimum absolute atomic E-state index is 0.211. The lowest BCUT2D eigenvalue weighted by atomic mass is 10.1. The summed E-state index contributed by atoms with van der Waals surface area (Å²) in [6, 6.07) is 7.13. The minimum Gasteiger partial charge on any atom is -0.366 e. The number of primary amides is 1. The summed E-state index contributed by atoms with van der Waals surface area (Å²) in [4.78, 5) is 13.1. The minimum atomic E-state index is -2.85. The lowest BCUT2D eigenvalue weighted by Gasteiger charge is -2.26. The van der Waals surface area contributed by atoms with Crippen LogP contribution in [0.15, 0.2) is 24.3 Å². The summed E-state index contributed by atoms with van der Waals surface area (Å²) in [6.45, 7) is 1.74. The maximum absolute atomic E-state index is 11.3. The highest BCUT2D eigenvalue weighted by Crippen LogP contribution is 2.11. The number of carbonyl (C=O) groups is 1. The molecule has 2 N–H and O–H groups in total. The van der Waals surface area contributed by atoms with Gasteiger partial charge in [0.25, 0.3) is 0 Å². The first-order valence-electron chi connectivity index (χ1n) is 5.78. The zero-order valence-electron chi connectivity index (χ0n) is 10.0. The van der Waals surface area contributed by atoms with Gasteiger partial charge in [0, 0.05) is 25.2 Å². The van der Waals surface area contributed by atoms with Crippen LogP contribution >= 0.6 is 0 Å². The normalized spacial score (nSPS) is 19.6. The van der Waals surface area contributed by atoms with Crippen LogP contribution in [0.1, 0.15) is 15.9 Å². The molecule has 0 aromatic heterocycles. The van der Waals surface area contributed by atoms with Crippen LogP contribution in [-0.4, -0.2) is 43.8 Å². The van der Waals surface area contributed by atoms with Crippen LogP contribution < -0.4 is 5.73 Å². The number of amides is 1. The standard InChI is InChI=1S/C12H16N2O3S/c13-12(15)11-3-1-2-10(8-11)9-14-4-6-18(16,17)7-5-14/h1-3,8H,4-7,9H2,(H2,13,15). The smallest absolute Gasteiger partial charge is 0.248 e. The Morgan fingerprint density at radius 1 is 1.28 bits per heavy atom. The average molecular weight is 268 g/mol. The number of nitrogens with zero attached hydrogens (tertiary/aromatic N) is 1. The number of carbonyl (C=O) groups excluding carboxylic acids is 1. The van der Waals surface area contributed by atoms with Crippen LogP contribution in [0.4, 0.5) is 0 Å². The zero-order valence-corrected chi connectivity index (χ0v) is 10.8. The second-order valence-corrected chi connectivity index (χ2v) is 6.80. The van der Waals surface area contributed by atoms with Crippen molar-refractivity contribution in [2.24, 2.45) is 5.73 Å². The van der Waals surface area contributed by atoms with Gasteiger partial charge in [-0.3, -0.25) is 9.69 Å². The number of rotatable bonds is 3. The van der Waals surface area contributed by atoms with E-state index in [1.807, 2.05) is 6.07 Å². The highest BCUT2D eigenvalue weighted by atomic mass is 32.2. The van der Waals surface area contributed by atoms with E-state index in [4.69, 9.17) is 5.73 Å². The summed E-state index contributed by atoms with van der Waals surface area (Å²) >= 11 is 0. The van der Waals surface area contributed by atoms with Crippen molar-refractivity contribution < 1.29 is 13.2 Å². The average Bonchev–Trinajstić information content (AvgIpc) is 2.32. The summed E-state index contributed by atoms with van der Waals surface area (Å²) in [5, 5.41) is 0. The highest BCUT2D eigenvalue weighted by molar-refractivity contribution is 7.91. The molecule has 1 aromatic rings. The predicted molar refractivity (Wildman–Crippen MR) is 68.9 cm³/mol. The lowest BCUT2D eigenvalue weighted by Crippen LogP contribution is -2.39. The molecule has 1 heterocycles. The predicted octanol–water partition coefficient (Wildman–Crippen LogP) is 0.0159. The van der Waals surface area contributed by atoms with Crippen molar-refractivity contribution in [3.05, 3.63) is 35.4 Å². The van der Waals surface area contributed by atoms with E-state index in [0.717, 1.165) is 5.56 Å². The molecular formula is C12H16N2O3S. The molecule has 18 heavy (non-hydrogen) atoms. The van der Waals surface area contributed by atoms with Crippen molar-refractivity contribution in [3.8, 4) is 0 Å². The molecule has 0 spiro atoms. The second-order valence-electron chi connectivity index (χ2n) is 4.49. The molecule has 1 saturated heterocycles. The highest BCUT2D eigenvalue weighted by Gasteiger charge is 2.21. The van der Waals surface area contributed by atoms with Gasteiger partial charge >= 0.3 is 0 Å². The molecule has 0 atom stereocenters. The maximum atomic E-state index is 11.3. The first-order valence-corrected chi connectivity index (χ1v) is 7.60. The summed E-state index contributed by atoms with van der Waals surface area (Å²) in [6.07, 6.45) is 0. The van der Waals surface area contributed by atoms with Crippen LogP contribution in [0.5, 0.6) is 0 Å². The Labute approximate surface area is 107 Å². The number of nitrogens with two attached hydrogens (primary N) is 1. The fraction of sp³-hybridized carbons (Fsp3) is 0.417. The number of hydrogen-bond acceptors (Lipinski definition) is 4. The van der Waals surface area contributed by atoms with Crippen LogP contribution in [0.3, 0.4) is 0 Å². The molecule has 2 rings (SSSR count). The van der Waals surface area contributed by atoms with Crippen LogP contribution in [-0.2, 0) is 16.4 Å². The van der Waals surface area contributed by atoms with Crippen LogP contribution in [0.25, 0.3) is 0 Å². The SMILES string of the molecule is NC(=O)c1cccc(CN2CCS(=O)(=O)CC2)c1. The van der Waals surface area contributed by atoms with Crippen molar-refractivity contribution in [2.75, 3.05) is 24.6 Å². The molecule has 6 heteroatoms. The van der Waals surface area contributed by atoms with E-state index < -0.39 is 15.7 Å². The molecule has 5 nitrogen and oxygen atoms in total. The Morgan fingerprint density at radius 2 is 1.94 bits per heavy atom. The third-order valence-corrected chi connectivity index (χ3v) is 4.66. The van der Waals surface area contributed by atoms with Gasteiger partial charge in [0.2, 0.25) is 5.91 Å². The van der Waals surface area contributed by atoms with Crippen molar-refractivity contribution in [1.29, 1.82) is 0 Å². The van der Waals surface area contributed by atoms with E-state index in [-0.39, 0.29) is 11.5 Å². The third-order valence-electron chi connectivity index (χ3n) is 3.05. The van der Waals surface area contributed by atoms with Gasteiger partial charge in [0.15, 0.2) is 9.84 Å². The van der Waals surface area contributed by atoms with Crippen molar-refractivity contribution in [2.45, 2.75) is 6.54 Å². The Balaban J connectivity index is 2.02. The Hall–Kier alpha value is -1.40. The van der Waals surface area contributed by atoms with E-state index in [0.29, 0.717) is 25.2 Å². The van der Waals surface area contributed by atoms with Gasteiger partial charge in [-0.05, 0) is 17.7 Å². The number of benzene rings is 1. The molecule has 1 fully saturated rings. The quantitative estimate of drug-likeness (QED) is 0.837. The van der Waals surface area contributed by atoms with Gasteiger partial charge in [0.05, 0.1) is 11.5 Å². The molecule has 0 bridgehead atoms. The summed E-state index contributed by atoms with van der Waals surface area (Å²) in [5.41, 5.74) is 6.68. The molecule has 0 unspecified atom stereocenters. The van der Waals surface area contributed by atoms with Gasteiger partial charge in [0.1, 0.15) is 0 Å². The van der Waals surface area contributed by atoms with Crippen LogP contribution in [0, 0.1) is 0 Å². The largest absolute Gasteiger partial charge is 0.366 e. The van der Waals surface area contributed by atoms with Crippen molar-refractivity contribution in [3.63, 3.8) is 0 Å². The number of hydrogen-bond donors (Lipinski definition) is 1. The van der Waals surface area contributed by atoms with Gasteiger partial charge in [-0.1, -0.05) is 12.1 Å². The monoisotopic (exact) mass is 268 g/mol. The fourth-order valence-electron chi connectivity index (χ4n) is 1.99. The van der Waals surface area contributed by atoms with Gasteiger partial charge in [-0.25, -0.2) is 8.42 Å². The van der Waals surface area contributed by atoms with Gasteiger partial charge in [-0.2, -0.15) is 0 Å². The molecule has 0 saturated carbocycles. The summed E-state index contributed by atoms with van der Waals surface area (Å²) in [7, 11) is -2.85. The lowest BCUT2D eigenvalue weighted by molar-refractivity contribution is 0.1000. The van der Waals surface area contributed by atoms with E-state index in [9.17, 15) is 13.2 Å². The first-order chi connectivity index (χ1) is 8.46. The topological polar surface area (TPSA) is 80.5 Å². The van der Waals surface area contributed by atoms with Gasteiger partial charge in [-0.15, -0.1) is 0 Å². The molecule has 1 aromatic carbocycles. The van der Waals surface area contributed by atoms with Crippen molar-refractivity contribution in [1.82, 2.24) is 4.90 Å². The molecule has 1 aliphatic rings. The Bertz CT molecular complexity index is 540. The van der Waals surface area contributed by atoms with E-state index in [1.165, 1.54) is 0 Å². The van der Waals surface area contributed by atoms with E-state index >= 15 is 0 Å². The van der Waals surface area contributed by atoms with Crippen LogP contribution in [0.2, 0.25) is 0 Å². The van der Waals surface area contributed by atoms with E-state index in [1.54, 1.807) is 18.2 Å². The number of sulfone groups is 1.